The Balaban J connectivity index is 2.01. The van der Waals surface area contributed by atoms with Crippen LogP contribution in [0.2, 0.25) is 0 Å². The van der Waals surface area contributed by atoms with Crippen LogP contribution < -0.4 is 4.74 Å². The zero-order chi connectivity index (χ0) is 13.2. The summed E-state index contributed by atoms with van der Waals surface area (Å²) in [5.41, 5.74) is 0. The molecule has 1 atom stereocenters. The van der Waals surface area contributed by atoms with E-state index in [-0.39, 0.29) is 11.9 Å². The fraction of sp³-hybridized carbons (Fsp3) is 0.571. The molecule has 0 bridgehead atoms. The average molecular weight is 251 g/mol. The Morgan fingerprint density at radius 2 is 1.94 bits per heavy atom. The fourth-order valence-electron chi connectivity index (χ4n) is 1.31. The number of hydrogen-bond acceptors (Lipinski definition) is 4. The second-order valence-corrected chi connectivity index (χ2v) is 4.22. The number of esters is 1. The van der Waals surface area contributed by atoms with Crippen molar-refractivity contribution >= 4 is 5.97 Å². The lowest BCUT2D eigenvalue weighted by Crippen LogP contribution is -2.14. The third-order valence-corrected chi connectivity index (χ3v) is 2.72. The third kappa shape index (κ3) is 5.66. The smallest absolute Gasteiger partial charge is 0.308 e. The van der Waals surface area contributed by atoms with Crippen LogP contribution in [0, 0.1) is 5.92 Å². The van der Waals surface area contributed by atoms with E-state index in [0.717, 1.165) is 25.0 Å². The maximum absolute atomic E-state index is 11.4. The molecule has 0 aromatic carbocycles. The van der Waals surface area contributed by atoms with Gasteiger partial charge in [-0.3, -0.25) is 9.78 Å². The minimum absolute atomic E-state index is 0.00179. The second kappa shape index (κ2) is 8.50. The van der Waals surface area contributed by atoms with E-state index in [2.05, 4.69) is 4.98 Å². The highest BCUT2D eigenvalue weighted by atomic mass is 16.5. The SMILES string of the molecule is CCC(C)C(=O)OCCCCOc1ccncc1. The zero-order valence-electron chi connectivity index (χ0n) is 11.1. The van der Waals surface area contributed by atoms with Crippen LogP contribution in [0.1, 0.15) is 33.1 Å². The topological polar surface area (TPSA) is 48.4 Å². The van der Waals surface area contributed by atoms with Crippen molar-refractivity contribution in [1.29, 1.82) is 0 Å². The van der Waals surface area contributed by atoms with Crippen molar-refractivity contribution in [2.75, 3.05) is 13.2 Å². The third-order valence-electron chi connectivity index (χ3n) is 2.72. The van der Waals surface area contributed by atoms with Crippen LogP contribution in [0.5, 0.6) is 5.75 Å². The van der Waals surface area contributed by atoms with Crippen molar-refractivity contribution in [1.82, 2.24) is 4.98 Å². The number of unbranched alkanes of at least 4 members (excludes halogenated alkanes) is 1. The van der Waals surface area contributed by atoms with Crippen LogP contribution in [-0.4, -0.2) is 24.2 Å². The van der Waals surface area contributed by atoms with E-state index in [9.17, 15) is 4.79 Å². The van der Waals surface area contributed by atoms with Crippen molar-refractivity contribution in [3.05, 3.63) is 24.5 Å². The minimum Gasteiger partial charge on any atom is -0.493 e. The van der Waals surface area contributed by atoms with Gasteiger partial charge in [-0.25, -0.2) is 0 Å². The van der Waals surface area contributed by atoms with E-state index in [1.165, 1.54) is 0 Å². The fourth-order valence-corrected chi connectivity index (χ4v) is 1.31. The molecule has 1 rings (SSSR count). The van der Waals surface area contributed by atoms with Gasteiger partial charge in [0.25, 0.3) is 0 Å². The molecule has 1 heterocycles. The number of rotatable bonds is 8. The summed E-state index contributed by atoms with van der Waals surface area (Å²) in [5, 5.41) is 0. The first-order valence-electron chi connectivity index (χ1n) is 6.43. The number of nitrogens with zero attached hydrogens (tertiary/aromatic N) is 1. The number of ether oxygens (including phenoxy) is 2. The van der Waals surface area contributed by atoms with Gasteiger partial charge in [0.1, 0.15) is 5.75 Å². The maximum Gasteiger partial charge on any atom is 0.308 e. The molecule has 0 aliphatic rings. The zero-order valence-corrected chi connectivity index (χ0v) is 11.1. The Morgan fingerprint density at radius 1 is 1.28 bits per heavy atom. The summed E-state index contributed by atoms with van der Waals surface area (Å²) in [5.74, 6) is 0.715. The Bertz CT molecular complexity index is 340. The molecule has 0 saturated heterocycles. The Hall–Kier alpha value is -1.58. The molecular weight excluding hydrogens is 230 g/mol. The lowest BCUT2D eigenvalue weighted by molar-refractivity contribution is -0.148. The number of carbonyl (C=O) groups is 1. The molecule has 0 spiro atoms. The molecule has 0 saturated carbocycles. The van der Waals surface area contributed by atoms with Gasteiger partial charge in [-0.1, -0.05) is 13.8 Å². The van der Waals surface area contributed by atoms with E-state index in [4.69, 9.17) is 9.47 Å². The van der Waals surface area contributed by atoms with Crippen LogP contribution >= 0.6 is 0 Å². The van der Waals surface area contributed by atoms with Crippen molar-refractivity contribution in [3.8, 4) is 5.75 Å². The van der Waals surface area contributed by atoms with Gasteiger partial charge in [0, 0.05) is 12.4 Å². The highest BCUT2D eigenvalue weighted by Gasteiger charge is 2.10. The molecule has 18 heavy (non-hydrogen) atoms. The molecule has 4 nitrogen and oxygen atoms in total. The van der Waals surface area contributed by atoms with E-state index >= 15 is 0 Å². The summed E-state index contributed by atoms with van der Waals surface area (Å²) in [4.78, 5) is 15.3. The summed E-state index contributed by atoms with van der Waals surface area (Å²) < 4.78 is 10.6. The van der Waals surface area contributed by atoms with Gasteiger partial charge < -0.3 is 9.47 Å². The normalized spacial score (nSPS) is 11.9. The Morgan fingerprint density at radius 3 is 2.61 bits per heavy atom. The van der Waals surface area contributed by atoms with Gasteiger partial charge in [0.15, 0.2) is 0 Å². The van der Waals surface area contributed by atoms with Crippen molar-refractivity contribution in [3.63, 3.8) is 0 Å². The van der Waals surface area contributed by atoms with E-state index in [1.54, 1.807) is 12.4 Å². The quantitative estimate of drug-likeness (QED) is 0.526. The van der Waals surface area contributed by atoms with E-state index < -0.39 is 0 Å². The Labute approximate surface area is 108 Å². The molecule has 0 amide bonds. The summed E-state index contributed by atoms with van der Waals surface area (Å²) in [6.45, 7) is 4.97. The standard InChI is InChI=1S/C14H21NO3/c1-3-12(2)14(16)18-11-5-4-10-17-13-6-8-15-9-7-13/h6-9,12H,3-5,10-11H2,1-2H3. The molecule has 4 heteroatoms. The van der Waals surface area contributed by atoms with Crippen LogP contribution in [0.4, 0.5) is 0 Å². The monoisotopic (exact) mass is 251 g/mol. The molecule has 0 N–H and O–H groups in total. The highest BCUT2D eigenvalue weighted by molar-refractivity contribution is 5.71. The molecule has 0 fully saturated rings. The van der Waals surface area contributed by atoms with Gasteiger partial charge in [-0.05, 0) is 31.4 Å². The van der Waals surface area contributed by atoms with Crippen LogP contribution in [-0.2, 0) is 9.53 Å². The summed E-state index contributed by atoms with van der Waals surface area (Å²) in [7, 11) is 0. The molecular formula is C14H21NO3. The number of pyridine rings is 1. The highest BCUT2D eigenvalue weighted by Crippen LogP contribution is 2.08. The summed E-state index contributed by atoms with van der Waals surface area (Å²) in [6, 6.07) is 3.64. The molecule has 1 aromatic rings. The van der Waals surface area contributed by atoms with E-state index in [0.29, 0.717) is 13.2 Å². The summed E-state index contributed by atoms with van der Waals surface area (Å²) >= 11 is 0. The van der Waals surface area contributed by atoms with Gasteiger partial charge in [-0.15, -0.1) is 0 Å². The molecule has 100 valence electrons. The van der Waals surface area contributed by atoms with Crippen molar-refractivity contribution in [2.24, 2.45) is 5.92 Å². The molecule has 0 aliphatic heterocycles. The largest absolute Gasteiger partial charge is 0.493 e. The summed E-state index contributed by atoms with van der Waals surface area (Å²) in [6.07, 6.45) is 5.92. The van der Waals surface area contributed by atoms with Crippen LogP contribution in [0.3, 0.4) is 0 Å². The Kier molecular flexibility index (Phi) is 6.84. The molecule has 1 aromatic heterocycles. The van der Waals surface area contributed by atoms with Gasteiger partial charge in [0.2, 0.25) is 0 Å². The van der Waals surface area contributed by atoms with E-state index in [1.807, 2.05) is 26.0 Å². The van der Waals surface area contributed by atoms with Gasteiger partial charge in [0.05, 0.1) is 19.1 Å². The number of hydrogen-bond donors (Lipinski definition) is 0. The first-order valence-corrected chi connectivity index (χ1v) is 6.43. The first-order chi connectivity index (χ1) is 8.74. The minimum atomic E-state index is -0.104. The second-order valence-electron chi connectivity index (χ2n) is 4.22. The lowest BCUT2D eigenvalue weighted by Gasteiger charge is -2.09. The van der Waals surface area contributed by atoms with Gasteiger partial charge in [-0.2, -0.15) is 0 Å². The molecule has 0 radical (unpaired) electrons. The van der Waals surface area contributed by atoms with Crippen molar-refractivity contribution in [2.45, 2.75) is 33.1 Å². The number of carbonyl (C=O) groups excluding carboxylic acids is 1. The predicted octanol–water partition coefficient (Wildman–Crippen LogP) is 2.83. The number of aromatic nitrogens is 1. The molecule has 0 aliphatic carbocycles. The predicted molar refractivity (Wildman–Crippen MR) is 69.4 cm³/mol. The first kappa shape index (κ1) is 14.5. The lowest BCUT2D eigenvalue weighted by atomic mass is 10.1. The maximum atomic E-state index is 11.4. The van der Waals surface area contributed by atoms with Gasteiger partial charge >= 0.3 is 5.97 Å². The van der Waals surface area contributed by atoms with Crippen molar-refractivity contribution < 1.29 is 14.3 Å². The average Bonchev–Trinajstić information content (AvgIpc) is 2.42. The van der Waals surface area contributed by atoms with Crippen LogP contribution in [0.15, 0.2) is 24.5 Å². The molecule has 1 unspecified atom stereocenters. The van der Waals surface area contributed by atoms with Crippen LogP contribution in [0.25, 0.3) is 0 Å².